The zero-order valence-electron chi connectivity index (χ0n) is 10.3. The second-order valence-corrected chi connectivity index (χ2v) is 6.92. The maximum atomic E-state index is 12.0. The molecule has 1 unspecified atom stereocenters. The Morgan fingerprint density at radius 3 is 2.63 bits per heavy atom. The summed E-state index contributed by atoms with van der Waals surface area (Å²) in [6, 6.07) is 7.61. The van der Waals surface area contributed by atoms with Gasteiger partial charge in [0.1, 0.15) is 4.90 Å². The molecule has 0 aliphatic rings. The number of aromatic amines is 1. The zero-order valence-corrected chi connectivity index (χ0v) is 12.7. The summed E-state index contributed by atoms with van der Waals surface area (Å²) < 4.78 is 27.6. The molecule has 0 aliphatic heterocycles. The lowest BCUT2D eigenvalue weighted by molar-refractivity contribution is 0.560. The van der Waals surface area contributed by atoms with Gasteiger partial charge >= 0.3 is 0 Å². The number of hydrogen-bond acceptors (Lipinski definition) is 3. The number of nitrogens with one attached hydrogen (secondary N) is 2. The Bertz CT molecular complexity index is 624. The van der Waals surface area contributed by atoms with Gasteiger partial charge in [0.2, 0.25) is 10.0 Å². The molecule has 2 N–H and O–H groups in total. The van der Waals surface area contributed by atoms with Gasteiger partial charge in [-0.05, 0) is 31.0 Å². The molecule has 0 bridgehead atoms. The van der Waals surface area contributed by atoms with E-state index in [0.717, 1.165) is 10.0 Å². The van der Waals surface area contributed by atoms with Crippen LogP contribution < -0.4 is 4.72 Å². The summed E-state index contributed by atoms with van der Waals surface area (Å²) in [6.07, 6.45) is 3.27. The smallest absolute Gasteiger partial charge is 0.243 e. The third-order valence-electron chi connectivity index (χ3n) is 2.59. The molecule has 0 spiro atoms. The third kappa shape index (κ3) is 3.89. The van der Waals surface area contributed by atoms with Crippen LogP contribution in [0.25, 0.3) is 0 Å². The van der Waals surface area contributed by atoms with Crippen molar-refractivity contribution in [1.29, 1.82) is 0 Å². The molecule has 1 heterocycles. The van der Waals surface area contributed by atoms with Gasteiger partial charge in [-0.2, -0.15) is 5.10 Å². The molecule has 1 aromatic carbocycles. The molecule has 1 aromatic heterocycles. The van der Waals surface area contributed by atoms with Crippen LogP contribution in [0.15, 0.2) is 46.0 Å². The number of rotatable bonds is 5. The first-order valence-electron chi connectivity index (χ1n) is 5.73. The van der Waals surface area contributed by atoms with E-state index in [1.807, 2.05) is 31.2 Å². The summed E-state index contributed by atoms with van der Waals surface area (Å²) in [4.78, 5) is 0.148. The van der Waals surface area contributed by atoms with Crippen LogP contribution >= 0.6 is 15.9 Å². The van der Waals surface area contributed by atoms with Crippen LogP contribution in [0.3, 0.4) is 0 Å². The third-order valence-corrected chi connectivity index (χ3v) is 4.68. The lowest BCUT2D eigenvalue weighted by Crippen LogP contribution is -2.33. The highest BCUT2D eigenvalue weighted by Crippen LogP contribution is 2.13. The standard InChI is InChI=1S/C12H14BrN3O2S/c1-9(6-10-2-4-11(13)5-3-10)16-19(17,18)12-7-14-15-8-12/h2-5,7-9,16H,6H2,1H3,(H,14,15). The Balaban J connectivity index is 2.02. The second kappa shape index (κ2) is 5.85. The van der Waals surface area contributed by atoms with Crippen molar-refractivity contribution >= 4 is 26.0 Å². The Morgan fingerprint density at radius 1 is 1.37 bits per heavy atom. The van der Waals surface area contributed by atoms with Crippen molar-refractivity contribution in [2.75, 3.05) is 0 Å². The Morgan fingerprint density at radius 2 is 2.05 bits per heavy atom. The van der Waals surface area contributed by atoms with E-state index in [2.05, 4.69) is 30.8 Å². The molecule has 0 saturated heterocycles. The van der Waals surface area contributed by atoms with E-state index >= 15 is 0 Å². The Labute approximate surface area is 120 Å². The van der Waals surface area contributed by atoms with Gasteiger partial charge in [0.05, 0.1) is 6.20 Å². The maximum absolute atomic E-state index is 12.0. The van der Waals surface area contributed by atoms with Gasteiger partial charge in [0, 0.05) is 16.7 Å². The van der Waals surface area contributed by atoms with Gasteiger partial charge in [-0.25, -0.2) is 13.1 Å². The van der Waals surface area contributed by atoms with Crippen molar-refractivity contribution in [1.82, 2.24) is 14.9 Å². The van der Waals surface area contributed by atoms with Crippen molar-refractivity contribution in [3.05, 3.63) is 46.7 Å². The number of hydrogen-bond donors (Lipinski definition) is 2. The number of nitrogens with zero attached hydrogens (tertiary/aromatic N) is 1. The molecule has 0 radical (unpaired) electrons. The summed E-state index contributed by atoms with van der Waals surface area (Å²) in [5, 5.41) is 6.13. The first-order valence-corrected chi connectivity index (χ1v) is 8.00. The molecule has 7 heteroatoms. The monoisotopic (exact) mass is 343 g/mol. The minimum Gasteiger partial charge on any atom is -0.284 e. The van der Waals surface area contributed by atoms with E-state index in [-0.39, 0.29) is 10.9 Å². The highest BCUT2D eigenvalue weighted by atomic mass is 79.9. The highest BCUT2D eigenvalue weighted by Gasteiger charge is 2.18. The van der Waals surface area contributed by atoms with Crippen LogP contribution in [0.5, 0.6) is 0 Å². The van der Waals surface area contributed by atoms with Crippen molar-refractivity contribution in [2.24, 2.45) is 0 Å². The number of halogens is 1. The van der Waals surface area contributed by atoms with Crippen molar-refractivity contribution in [2.45, 2.75) is 24.3 Å². The molecular formula is C12H14BrN3O2S. The minimum atomic E-state index is -3.50. The first kappa shape index (κ1) is 14.2. The van der Waals surface area contributed by atoms with Crippen molar-refractivity contribution in [3.63, 3.8) is 0 Å². The molecule has 0 saturated carbocycles. The van der Waals surface area contributed by atoms with Gasteiger partial charge in [-0.3, -0.25) is 5.10 Å². The van der Waals surface area contributed by atoms with E-state index in [0.29, 0.717) is 6.42 Å². The van der Waals surface area contributed by atoms with E-state index in [1.165, 1.54) is 12.4 Å². The minimum absolute atomic E-state index is 0.148. The van der Waals surface area contributed by atoms with Crippen LogP contribution in [0.1, 0.15) is 12.5 Å². The fourth-order valence-electron chi connectivity index (χ4n) is 1.73. The molecule has 0 amide bonds. The van der Waals surface area contributed by atoms with Crippen LogP contribution in [-0.2, 0) is 16.4 Å². The quantitative estimate of drug-likeness (QED) is 0.872. The number of sulfonamides is 1. The SMILES string of the molecule is CC(Cc1ccc(Br)cc1)NS(=O)(=O)c1cn[nH]c1. The second-order valence-electron chi connectivity index (χ2n) is 4.29. The first-order chi connectivity index (χ1) is 8.97. The molecule has 0 fully saturated rings. The highest BCUT2D eigenvalue weighted by molar-refractivity contribution is 9.10. The van der Waals surface area contributed by atoms with Gasteiger partial charge < -0.3 is 0 Å². The number of benzene rings is 1. The summed E-state index contributed by atoms with van der Waals surface area (Å²) in [5.41, 5.74) is 1.07. The van der Waals surface area contributed by atoms with E-state index in [4.69, 9.17) is 0 Å². The van der Waals surface area contributed by atoms with Gasteiger partial charge in [-0.15, -0.1) is 0 Å². The summed E-state index contributed by atoms with van der Waals surface area (Å²) in [5.74, 6) is 0. The fraction of sp³-hybridized carbons (Fsp3) is 0.250. The molecule has 19 heavy (non-hydrogen) atoms. The van der Waals surface area contributed by atoms with E-state index < -0.39 is 10.0 Å². The van der Waals surface area contributed by atoms with E-state index in [1.54, 1.807) is 0 Å². The van der Waals surface area contributed by atoms with Crippen molar-refractivity contribution in [3.8, 4) is 0 Å². The fourth-order valence-corrected chi connectivity index (χ4v) is 3.15. The summed E-state index contributed by atoms with van der Waals surface area (Å²) in [6.45, 7) is 1.83. The predicted molar refractivity (Wildman–Crippen MR) is 76.2 cm³/mol. The lowest BCUT2D eigenvalue weighted by atomic mass is 10.1. The van der Waals surface area contributed by atoms with Gasteiger partial charge in [0.15, 0.2) is 0 Å². The number of aromatic nitrogens is 2. The van der Waals surface area contributed by atoms with E-state index in [9.17, 15) is 8.42 Å². The van der Waals surface area contributed by atoms with Crippen LogP contribution in [0, 0.1) is 0 Å². The molecule has 1 atom stereocenters. The normalized spacial score (nSPS) is 13.4. The largest absolute Gasteiger partial charge is 0.284 e. The Hall–Kier alpha value is -1.18. The van der Waals surface area contributed by atoms with Crippen LogP contribution in [0.4, 0.5) is 0 Å². The maximum Gasteiger partial charge on any atom is 0.243 e. The molecule has 2 rings (SSSR count). The van der Waals surface area contributed by atoms with Crippen molar-refractivity contribution < 1.29 is 8.42 Å². The lowest BCUT2D eigenvalue weighted by Gasteiger charge is -2.13. The summed E-state index contributed by atoms with van der Waals surface area (Å²) >= 11 is 3.36. The van der Waals surface area contributed by atoms with Crippen LogP contribution in [-0.4, -0.2) is 24.7 Å². The predicted octanol–water partition coefficient (Wildman–Crippen LogP) is 2.08. The average molecular weight is 344 g/mol. The average Bonchev–Trinajstić information content (AvgIpc) is 2.85. The van der Waals surface area contributed by atoms with Gasteiger partial charge in [-0.1, -0.05) is 28.1 Å². The summed E-state index contributed by atoms with van der Waals surface area (Å²) in [7, 11) is -3.50. The molecule has 2 aromatic rings. The molecule has 0 aliphatic carbocycles. The topological polar surface area (TPSA) is 74.8 Å². The Kier molecular flexibility index (Phi) is 4.38. The molecular weight excluding hydrogens is 330 g/mol. The van der Waals surface area contributed by atoms with Crippen LogP contribution in [0.2, 0.25) is 0 Å². The molecule has 102 valence electrons. The zero-order chi connectivity index (χ0) is 13.9. The van der Waals surface area contributed by atoms with Gasteiger partial charge in [0.25, 0.3) is 0 Å². The molecule has 5 nitrogen and oxygen atoms in total. The number of H-pyrrole nitrogens is 1.